The number of rotatable bonds is 71. The molecule has 0 fully saturated rings. The molecule has 0 aliphatic heterocycles. The highest BCUT2D eigenvalue weighted by Crippen LogP contribution is 2.19. The zero-order chi connectivity index (χ0) is 62.6. The summed E-state index contributed by atoms with van der Waals surface area (Å²) in [5.41, 5.74) is 0. The molecule has 0 bridgehead atoms. The summed E-state index contributed by atoms with van der Waals surface area (Å²) in [6.07, 6.45) is 84.0. The number of carboxylic acid groups (broad SMARTS) is 1. The van der Waals surface area contributed by atoms with E-state index in [-0.39, 0.29) is 32.2 Å². The van der Waals surface area contributed by atoms with Crippen molar-refractivity contribution in [3.8, 4) is 0 Å². The molecular formula is C77H145NO8. The monoisotopic (exact) mass is 1210 g/mol. The second-order valence-corrected chi connectivity index (χ2v) is 27.0. The molecule has 2 unspecified atom stereocenters. The third-order valence-electron chi connectivity index (χ3n) is 17.1. The Morgan fingerprint density at radius 3 is 0.930 bits per heavy atom. The maximum Gasteiger partial charge on any atom is 0.306 e. The van der Waals surface area contributed by atoms with Crippen molar-refractivity contribution in [2.75, 3.05) is 47.5 Å². The van der Waals surface area contributed by atoms with Crippen molar-refractivity contribution in [2.45, 2.75) is 392 Å². The summed E-state index contributed by atoms with van der Waals surface area (Å²) in [5.74, 6) is -2.26. The molecule has 9 heteroatoms. The molecule has 0 saturated heterocycles. The van der Waals surface area contributed by atoms with E-state index in [9.17, 15) is 19.5 Å². The van der Waals surface area contributed by atoms with Crippen LogP contribution < -0.4 is 5.11 Å². The Balaban J connectivity index is 3.99. The molecule has 0 aromatic carbocycles. The summed E-state index contributed by atoms with van der Waals surface area (Å²) in [4.78, 5) is 37.5. The fraction of sp³-hybridized carbons (Fsp3) is 0.883. The van der Waals surface area contributed by atoms with Crippen LogP contribution in [0, 0.1) is 0 Å². The summed E-state index contributed by atoms with van der Waals surface area (Å²) in [7, 11) is 5.94. The topological polar surface area (TPSA) is 111 Å². The van der Waals surface area contributed by atoms with E-state index >= 15 is 0 Å². The molecule has 0 heterocycles. The molecule has 0 amide bonds. The first-order valence-corrected chi connectivity index (χ1v) is 37.6. The number of carbonyl (C=O) groups is 3. The zero-order valence-corrected chi connectivity index (χ0v) is 58.0. The molecule has 86 heavy (non-hydrogen) atoms. The fourth-order valence-electron chi connectivity index (χ4n) is 11.4. The van der Waals surface area contributed by atoms with E-state index in [1.165, 1.54) is 295 Å². The van der Waals surface area contributed by atoms with Gasteiger partial charge in [-0.25, -0.2) is 0 Å². The number of quaternary nitrogens is 1. The van der Waals surface area contributed by atoms with Gasteiger partial charge < -0.3 is 33.3 Å². The van der Waals surface area contributed by atoms with E-state index in [1.54, 1.807) is 0 Å². The Kier molecular flexibility index (Phi) is 66.4. The molecule has 0 radical (unpaired) electrons. The van der Waals surface area contributed by atoms with E-state index < -0.39 is 24.3 Å². The Labute approximate surface area is 534 Å². The minimum atomic E-state index is -1.62. The summed E-state index contributed by atoms with van der Waals surface area (Å²) in [6, 6.07) is 0. The predicted octanol–water partition coefficient (Wildman–Crippen LogP) is 22.2. The number of carboxylic acids is 1. The van der Waals surface area contributed by atoms with Gasteiger partial charge in [-0.2, -0.15) is 0 Å². The maximum atomic E-state index is 12.9. The lowest BCUT2D eigenvalue weighted by atomic mass is 10.0. The van der Waals surface area contributed by atoms with Gasteiger partial charge in [0.2, 0.25) is 0 Å². The van der Waals surface area contributed by atoms with Crippen molar-refractivity contribution in [3.05, 3.63) is 36.5 Å². The van der Waals surface area contributed by atoms with Crippen LogP contribution in [0.3, 0.4) is 0 Å². The largest absolute Gasteiger partial charge is 0.545 e. The number of carbonyl (C=O) groups excluding carboxylic acids is 3. The molecular weight excluding hydrogens is 1070 g/mol. The summed E-state index contributed by atoms with van der Waals surface area (Å²) in [6.45, 7) is 4.80. The van der Waals surface area contributed by atoms with Gasteiger partial charge >= 0.3 is 11.9 Å². The van der Waals surface area contributed by atoms with Gasteiger partial charge in [0.15, 0.2) is 12.4 Å². The number of allylic oxidation sites excluding steroid dienone is 6. The number of ether oxygens (including phenoxy) is 4. The molecule has 0 aliphatic carbocycles. The first-order valence-electron chi connectivity index (χ1n) is 37.6. The van der Waals surface area contributed by atoms with E-state index in [0.717, 1.165) is 51.4 Å². The molecule has 2 atom stereocenters. The number of hydrogen-bond acceptors (Lipinski definition) is 8. The SMILES string of the molecule is CCCCCCC/C=C\C/C=C\C/C=C\CCCCCCCCCCCCC(=O)OC(COC(=O)CCCCCCCCCCCCCCCCCCCCCCCCCCCCCCCCCCCCCC)COC(OCC[N+](C)(C)C)C(=O)[O-]. The van der Waals surface area contributed by atoms with Crippen molar-refractivity contribution in [2.24, 2.45) is 0 Å². The Hall–Kier alpha value is -2.49. The summed E-state index contributed by atoms with van der Waals surface area (Å²) in [5, 5.41) is 11.8. The van der Waals surface area contributed by atoms with Crippen LogP contribution in [-0.4, -0.2) is 82.3 Å². The lowest BCUT2D eigenvalue weighted by Gasteiger charge is -2.26. The number of hydrogen-bond donors (Lipinski definition) is 0. The molecule has 506 valence electrons. The molecule has 9 nitrogen and oxygen atoms in total. The van der Waals surface area contributed by atoms with Crippen LogP contribution in [0.25, 0.3) is 0 Å². The van der Waals surface area contributed by atoms with Crippen molar-refractivity contribution >= 4 is 17.9 Å². The van der Waals surface area contributed by atoms with Crippen LogP contribution in [-0.2, 0) is 33.3 Å². The van der Waals surface area contributed by atoms with Gasteiger partial charge in [0.1, 0.15) is 13.2 Å². The highest BCUT2D eigenvalue weighted by atomic mass is 16.7. The van der Waals surface area contributed by atoms with Crippen molar-refractivity contribution < 1.29 is 42.9 Å². The number of likely N-dealkylation sites (N-methyl/N-ethyl adjacent to an activating group) is 1. The van der Waals surface area contributed by atoms with Gasteiger partial charge in [-0.3, -0.25) is 9.59 Å². The molecule has 0 saturated carbocycles. The highest BCUT2D eigenvalue weighted by molar-refractivity contribution is 5.70. The molecule has 0 rings (SSSR count). The minimum Gasteiger partial charge on any atom is -0.545 e. The Bertz CT molecular complexity index is 1500. The van der Waals surface area contributed by atoms with Crippen LogP contribution in [0.5, 0.6) is 0 Å². The van der Waals surface area contributed by atoms with Crippen LogP contribution in [0.15, 0.2) is 36.5 Å². The van der Waals surface area contributed by atoms with Crippen LogP contribution in [0.2, 0.25) is 0 Å². The van der Waals surface area contributed by atoms with Crippen LogP contribution >= 0.6 is 0 Å². The quantitative estimate of drug-likeness (QED) is 0.0195. The first-order chi connectivity index (χ1) is 42.1. The lowest BCUT2D eigenvalue weighted by molar-refractivity contribution is -0.870. The molecule has 0 aromatic heterocycles. The third-order valence-corrected chi connectivity index (χ3v) is 17.1. The van der Waals surface area contributed by atoms with Gasteiger partial charge in [-0.15, -0.1) is 0 Å². The smallest absolute Gasteiger partial charge is 0.306 e. The average molecular weight is 1210 g/mol. The molecule has 0 aromatic rings. The van der Waals surface area contributed by atoms with Crippen LogP contribution in [0.4, 0.5) is 0 Å². The number of unbranched alkanes of at least 4 members (excludes halogenated alkanes) is 50. The van der Waals surface area contributed by atoms with Gasteiger partial charge in [0.25, 0.3) is 0 Å². The van der Waals surface area contributed by atoms with Gasteiger partial charge in [-0.05, 0) is 51.4 Å². The molecule has 0 aliphatic rings. The number of esters is 2. The van der Waals surface area contributed by atoms with Crippen molar-refractivity contribution in [3.63, 3.8) is 0 Å². The van der Waals surface area contributed by atoms with Gasteiger partial charge in [0.05, 0.1) is 40.3 Å². The average Bonchev–Trinajstić information content (AvgIpc) is 3.63. The van der Waals surface area contributed by atoms with Crippen LogP contribution in [0.1, 0.15) is 380 Å². The summed E-state index contributed by atoms with van der Waals surface area (Å²) >= 11 is 0. The van der Waals surface area contributed by atoms with Crippen molar-refractivity contribution in [1.82, 2.24) is 0 Å². The van der Waals surface area contributed by atoms with E-state index in [4.69, 9.17) is 18.9 Å². The molecule has 0 N–H and O–H groups in total. The van der Waals surface area contributed by atoms with Gasteiger partial charge in [0, 0.05) is 12.8 Å². The van der Waals surface area contributed by atoms with E-state index in [1.807, 2.05) is 21.1 Å². The third kappa shape index (κ3) is 69.0. The first kappa shape index (κ1) is 83.5. The Morgan fingerprint density at radius 2 is 0.628 bits per heavy atom. The fourth-order valence-corrected chi connectivity index (χ4v) is 11.4. The normalized spacial score (nSPS) is 12.8. The summed E-state index contributed by atoms with van der Waals surface area (Å²) < 4.78 is 22.8. The molecule has 0 spiro atoms. The number of aliphatic carboxylic acids is 1. The second-order valence-electron chi connectivity index (χ2n) is 27.0. The highest BCUT2D eigenvalue weighted by Gasteiger charge is 2.22. The van der Waals surface area contributed by atoms with Crippen molar-refractivity contribution in [1.29, 1.82) is 0 Å². The predicted molar refractivity (Wildman–Crippen MR) is 366 cm³/mol. The second kappa shape index (κ2) is 68.4. The van der Waals surface area contributed by atoms with E-state index in [2.05, 4.69) is 50.3 Å². The van der Waals surface area contributed by atoms with Gasteiger partial charge in [-0.1, -0.05) is 352 Å². The maximum absolute atomic E-state index is 12.9. The zero-order valence-electron chi connectivity index (χ0n) is 58.0. The lowest BCUT2D eigenvalue weighted by Crippen LogP contribution is -2.44. The van der Waals surface area contributed by atoms with E-state index in [0.29, 0.717) is 23.9 Å². The minimum absolute atomic E-state index is 0.149. The number of nitrogens with zero attached hydrogens (tertiary/aromatic N) is 1. The standard InChI is InChI=1S/C77H145NO8/c1-6-8-10-12-14-16-18-20-22-24-26-28-30-32-33-34-35-36-37-38-39-40-41-42-44-45-47-49-51-53-55-57-59-61-63-65-67-74(79)84-71-73(72-85-77(76(81)82)83-70-69-78(3,4)5)86-75(80)68-66-64-62-60-58-56-54-52-50-48-46-43-31-29-27-25-23-21-19-17-15-13-11-9-7-2/h19,21,25,27,31,43,73,77H,6-18,20,22-24,26,28-30,32-42,44-72H2,1-5H3/b21-19-,27-25-,43-31-. The Morgan fingerprint density at radius 1 is 0.349 bits per heavy atom.